The normalized spacial score (nSPS) is 9.94. The Balaban J connectivity index is 2.89. The molecule has 1 aromatic rings. The summed E-state index contributed by atoms with van der Waals surface area (Å²) in [5.74, 6) is 0. The van der Waals surface area contributed by atoms with E-state index in [1.54, 1.807) is 30.6 Å². The van der Waals surface area contributed by atoms with Crippen LogP contribution in [0.15, 0.2) is 29.2 Å². The lowest BCUT2D eigenvalue weighted by Gasteiger charge is -2.18. The summed E-state index contributed by atoms with van der Waals surface area (Å²) in [7, 11) is 3.10. The van der Waals surface area contributed by atoms with Crippen molar-refractivity contribution >= 4 is 35.3 Å². The predicted molar refractivity (Wildman–Crippen MR) is 71.5 cm³/mol. The van der Waals surface area contributed by atoms with Gasteiger partial charge in [0.25, 0.3) is 0 Å². The van der Waals surface area contributed by atoms with Crippen LogP contribution >= 0.6 is 23.5 Å². The number of ether oxygens (including phenoxy) is 1. The van der Waals surface area contributed by atoms with E-state index in [1.807, 2.05) is 24.3 Å². The number of hydrogen-bond acceptors (Lipinski definition) is 4. The molecular weight excluding hydrogens is 242 g/mol. The lowest BCUT2D eigenvalue weighted by Crippen LogP contribution is -2.26. The number of methoxy groups -OCH3 is 1. The van der Waals surface area contributed by atoms with E-state index in [9.17, 15) is 4.79 Å². The highest BCUT2D eigenvalue weighted by molar-refractivity contribution is 8.15. The van der Waals surface area contributed by atoms with E-state index in [0.29, 0.717) is 0 Å². The second kappa shape index (κ2) is 6.70. The highest BCUT2D eigenvalue weighted by atomic mass is 32.2. The zero-order valence-corrected chi connectivity index (χ0v) is 11.2. The average Bonchev–Trinajstić information content (AvgIpc) is 2.34. The van der Waals surface area contributed by atoms with Gasteiger partial charge < -0.3 is 4.74 Å². The van der Waals surface area contributed by atoms with Crippen molar-refractivity contribution in [2.75, 3.05) is 30.4 Å². The van der Waals surface area contributed by atoms with E-state index in [4.69, 9.17) is 4.74 Å². The smallest absolute Gasteiger partial charge is 0.413 e. The lowest BCUT2D eigenvalue weighted by atomic mass is 10.3. The number of rotatable bonds is 4. The van der Waals surface area contributed by atoms with Gasteiger partial charge in [0, 0.05) is 17.0 Å². The predicted octanol–water partition coefficient (Wildman–Crippen LogP) is 3.30. The van der Waals surface area contributed by atoms with Crippen molar-refractivity contribution in [1.82, 2.24) is 0 Å². The van der Waals surface area contributed by atoms with E-state index in [0.717, 1.165) is 15.7 Å². The summed E-state index contributed by atoms with van der Waals surface area (Å²) < 4.78 is 4.70. The van der Waals surface area contributed by atoms with Crippen LogP contribution in [-0.4, -0.2) is 31.6 Å². The number of thioether (sulfide) groups is 2. The molecule has 0 bridgehead atoms. The molecular formula is C11H15NO2S2. The van der Waals surface area contributed by atoms with Crippen LogP contribution in [0.5, 0.6) is 0 Å². The largest absolute Gasteiger partial charge is 0.452 e. The van der Waals surface area contributed by atoms with E-state index in [2.05, 4.69) is 6.26 Å². The van der Waals surface area contributed by atoms with Gasteiger partial charge in [0.2, 0.25) is 0 Å². The van der Waals surface area contributed by atoms with Crippen LogP contribution in [0.1, 0.15) is 0 Å². The van der Waals surface area contributed by atoms with E-state index >= 15 is 0 Å². The summed E-state index contributed by atoms with van der Waals surface area (Å²) in [4.78, 5) is 14.0. The average molecular weight is 257 g/mol. The van der Waals surface area contributed by atoms with Crippen molar-refractivity contribution in [3.8, 4) is 0 Å². The first-order valence-electron chi connectivity index (χ1n) is 4.73. The Hall–Kier alpha value is -0.810. The third kappa shape index (κ3) is 3.35. The monoisotopic (exact) mass is 257 g/mol. The van der Waals surface area contributed by atoms with Gasteiger partial charge in [-0.25, -0.2) is 4.79 Å². The molecule has 0 saturated carbocycles. The van der Waals surface area contributed by atoms with Gasteiger partial charge in [0.05, 0.1) is 12.8 Å². The molecule has 1 aromatic carbocycles. The summed E-state index contributed by atoms with van der Waals surface area (Å²) >= 11 is 3.48. The minimum absolute atomic E-state index is 0.350. The maximum absolute atomic E-state index is 11.4. The van der Waals surface area contributed by atoms with E-state index in [1.165, 1.54) is 12.0 Å². The van der Waals surface area contributed by atoms with Crippen molar-refractivity contribution in [3.05, 3.63) is 24.3 Å². The highest BCUT2D eigenvalue weighted by Crippen LogP contribution is 2.31. The second-order valence-corrected chi connectivity index (χ2v) is 5.30. The molecule has 0 aliphatic carbocycles. The van der Waals surface area contributed by atoms with Crippen LogP contribution < -0.4 is 4.90 Å². The third-order valence-corrected chi connectivity index (χ3v) is 4.08. The van der Waals surface area contributed by atoms with E-state index < -0.39 is 0 Å². The van der Waals surface area contributed by atoms with Crippen molar-refractivity contribution in [2.24, 2.45) is 0 Å². The molecule has 0 aliphatic heterocycles. The Bertz CT molecular complexity index is 358. The van der Waals surface area contributed by atoms with Gasteiger partial charge in [-0.2, -0.15) is 11.8 Å². The Morgan fingerprint density at radius 2 is 2.12 bits per heavy atom. The molecule has 0 aromatic heterocycles. The molecule has 3 nitrogen and oxygen atoms in total. The number of para-hydroxylation sites is 1. The maximum atomic E-state index is 11.4. The van der Waals surface area contributed by atoms with E-state index in [-0.39, 0.29) is 6.09 Å². The van der Waals surface area contributed by atoms with Gasteiger partial charge in [-0.1, -0.05) is 12.1 Å². The number of carbonyl (C=O) groups is 1. The molecule has 0 fully saturated rings. The fourth-order valence-electron chi connectivity index (χ4n) is 1.21. The number of anilines is 1. The number of amides is 1. The van der Waals surface area contributed by atoms with Crippen molar-refractivity contribution < 1.29 is 9.53 Å². The minimum Gasteiger partial charge on any atom is -0.452 e. The Kier molecular flexibility index (Phi) is 5.55. The fraction of sp³-hybridized carbons (Fsp3) is 0.364. The minimum atomic E-state index is -0.350. The molecule has 0 spiro atoms. The SMILES string of the molecule is COC(=O)N(C)c1ccccc1SCSC. The van der Waals surface area contributed by atoms with Crippen LogP contribution in [0.4, 0.5) is 10.5 Å². The van der Waals surface area contributed by atoms with Crippen LogP contribution in [0.25, 0.3) is 0 Å². The number of nitrogens with zero attached hydrogens (tertiary/aromatic N) is 1. The fourth-order valence-corrected chi connectivity index (χ4v) is 2.72. The summed E-state index contributed by atoms with van der Waals surface area (Å²) in [5.41, 5.74) is 0.883. The molecule has 16 heavy (non-hydrogen) atoms. The number of hydrogen-bond donors (Lipinski definition) is 0. The van der Waals surface area contributed by atoms with Gasteiger partial charge in [0.1, 0.15) is 0 Å². The summed E-state index contributed by atoms with van der Waals surface area (Å²) in [6.07, 6.45) is 1.71. The molecule has 0 unspecified atom stereocenters. The molecule has 5 heteroatoms. The van der Waals surface area contributed by atoms with Crippen LogP contribution in [0, 0.1) is 0 Å². The maximum Gasteiger partial charge on any atom is 0.413 e. The quantitative estimate of drug-likeness (QED) is 0.611. The van der Waals surface area contributed by atoms with Crippen molar-refractivity contribution in [3.63, 3.8) is 0 Å². The van der Waals surface area contributed by atoms with Gasteiger partial charge >= 0.3 is 6.09 Å². The first kappa shape index (κ1) is 13.3. The molecule has 0 aliphatic rings. The summed E-state index contributed by atoms with van der Waals surface area (Å²) in [5, 5.41) is 0.964. The molecule has 1 rings (SSSR count). The highest BCUT2D eigenvalue weighted by Gasteiger charge is 2.14. The van der Waals surface area contributed by atoms with Crippen LogP contribution in [-0.2, 0) is 4.74 Å². The molecule has 88 valence electrons. The number of benzene rings is 1. The van der Waals surface area contributed by atoms with Crippen LogP contribution in [0.2, 0.25) is 0 Å². The Labute approximate surface area is 105 Å². The first-order chi connectivity index (χ1) is 7.70. The molecule has 0 saturated heterocycles. The molecule has 0 atom stereocenters. The van der Waals surface area contributed by atoms with Gasteiger partial charge in [-0.3, -0.25) is 4.90 Å². The zero-order chi connectivity index (χ0) is 12.0. The number of carbonyl (C=O) groups excluding carboxylic acids is 1. The molecule has 0 radical (unpaired) electrons. The topological polar surface area (TPSA) is 29.5 Å². The third-order valence-electron chi connectivity index (χ3n) is 2.01. The van der Waals surface area contributed by atoms with Crippen molar-refractivity contribution in [1.29, 1.82) is 0 Å². The summed E-state index contributed by atoms with van der Waals surface area (Å²) in [6.45, 7) is 0. The molecule has 1 amide bonds. The van der Waals surface area contributed by atoms with Gasteiger partial charge in [0.15, 0.2) is 0 Å². The van der Waals surface area contributed by atoms with Gasteiger partial charge in [-0.15, -0.1) is 11.8 Å². The molecule has 0 N–H and O–H groups in total. The first-order valence-corrected chi connectivity index (χ1v) is 7.11. The van der Waals surface area contributed by atoms with Crippen LogP contribution in [0.3, 0.4) is 0 Å². The zero-order valence-electron chi connectivity index (χ0n) is 9.60. The Morgan fingerprint density at radius 1 is 1.44 bits per heavy atom. The summed E-state index contributed by atoms with van der Waals surface area (Å²) in [6, 6.07) is 7.81. The Morgan fingerprint density at radius 3 is 2.75 bits per heavy atom. The van der Waals surface area contributed by atoms with Gasteiger partial charge in [-0.05, 0) is 18.4 Å². The molecule has 0 heterocycles. The lowest BCUT2D eigenvalue weighted by molar-refractivity contribution is 0.180. The second-order valence-electron chi connectivity index (χ2n) is 3.05. The standard InChI is InChI=1S/C11H15NO2S2/c1-12(11(13)14-2)9-6-4-5-7-10(9)16-8-15-3/h4-7H,8H2,1-3H3. The van der Waals surface area contributed by atoms with Crippen molar-refractivity contribution in [2.45, 2.75) is 4.90 Å².